The van der Waals surface area contributed by atoms with Crippen molar-refractivity contribution in [3.05, 3.63) is 24.0 Å². The smallest absolute Gasteiger partial charge is 0.313 e. The van der Waals surface area contributed by atoms with Gasteiger partial charge in [-0.05, 0) is 31.0 Å². The lowest BCUT2D eigenvalue weighted by atomic mass is 9.75. The first kappa shape index (κ1) is 18.8. The van der Waals surface area contributed by atoms with Gasteiger partial charge in [0.25, 0.3) is 0 Å². The van der Waals surface area contributed by atoms with E-state index in [1.807, 2.05) is 0 Å². The zero-order valence-electron chi connectivity index (χ0n) is 14.5. The van der Waals surface area contributed by atoms with E-state index in [4.69, 9.17) is 4.74 Å². The van der Waals surface area contributed by atoms with Crippen molar-refractivity contribution in [2.45, 2.75) is 24.7 Å². The molecule has 26 heavy (non-hydrogen) atoms. The Morgan fingerprint density at radius 3 is 2.69 bits per heavy atom. The molecule has 0 saturated carbocycles. The number of nitrogens with zero attached hydrogens (tertiary/aromatic N) is 1. The van der Waals surface area contributed by atoms with Gasteiger partial charge in [-0.1, -0.05) is 6.92 Å². The minimum Gasteiger partial charge on any atom is -0.381 e. The SMILES string of the molecule is CCS(=O)(=O)c1cc(F)ccc1NC(=O)C(=O)N1CC2(CCCOC2)C1. The highest BCUT2D eigenvalue weighted by atomic mass is 32.2. The van der Waals surface area contributed by atoms with Gasteiger partial charge in [0.1, 0.15) is 5.82 Å². The number of carbonyl (C=O) groups excluding carboxylic acids is 2. The Kier molecular flexibility index (Phi) is 5.03. The molecule has 2 heterocycles. The Balaban J connectivity index is 1.70. The van der Waals surface area contributed by atoms with E-state index in [1.54, 1.807) is 0 Å². The molecule has 142 valence electrons. The topological polar surface area (TPSA) is 92.8 Å². The van der Waals surface area contributed by atoms with Gasteiger partial charge in [0.15, 0.2) is 9.84 Å². The van der Waals surface area contributed by atoms with Crippen molar-refractivity contribution < 1.29 is 27.1 Å². The Bertz CT molecular complexity index is 826. The van der Waals surface area contributed by atoms with Gasteiger partial charge >= 0.3 is 11.8 Å². The first-order valence-electron chi connectivity index (χ1n) is 8.47. The van der Waals surface area contributed by atoms with E-state index in [0.29, 0.717) is 19.7 Å². The number of nitrogens with one attached hydrogen (secondary N) is 1. The molecule has 0 radical (unpaired) electrons. The zero-order chi connectivity index (χ0) is 18.9. The van der Waals surface area contributed by atoms with Crippen LogP contribution in [0.2, 0.25) is 0 Å². The summed E-state index contributed by atoms with van der Waals surface area (Å²) in [6.45, 7) is 3.61. The van der Waals surface area contributed by atoms with Crippen LogP contribution in [-0.2, 0) is 24.2 Å². The molecule has 1 aromatic rings. The number of likely N-dealkylation sites (tertiary alicyclic amines) is 1. The van der Waals surface area contributed by atoms with Crippen molar-refractivity contribution in [1.29, 1.82) is 0 Å². The molecule has 1 aromatic carbocycles. The van der Waals surface area contributed by atoms with Crippen LogP contribution in [0.5, 0.6) is 0 Å². The molecule has 2 aliphatic rings. The van der Waals surface area contributed by atoms with Crippen molar-refractivity contribution in [3.8, 4) is 0 Å². The summed E-state index contributed by atoms with van der Waals surface area (Å²) in [5.74, 6) is -2.65. The predicted molar refractivity (Wildman–Crippen MR) is 91.8 cm³/mol. The van der Waals surface area contributed by atoms with E-state index in [1.165, 1.54) is 11.8 Å². The molecule has 2 amide bonds. The maximum absolute atomic E-state index is 13.4. The third-order valence-corrected chi connectivity index (χ3v) is 6.61. The number of sulfone groups is 1. The minimum absolute atomic E-state index is 0.0687. The molecular formula is C17H21FN2O5S. The molecule has 9 heteroatoms. The fourth-order valence-corrected chi connectivity index (χ4v) is 4.46. The molecule has 0 unspecified atom stereocenters. The summed E-state index contributed by atoms with van der Waals surface area (Å²) in [5, 5.41) is 2.31. The van der Waals surface area contributed by atoms with Crippen molar-refractivity contribution >= 4 is 27.3 Å². The number of anilines is 1. The fourth-order valence-electron chi connectivity index (χ4n) is 3.40. The summed E-state index contributed by atoms with van der Waals surface area (Å²) < 4.78 is 43.1. The number of carbonyl (C=O) groups is 2. The first-order valence-corrected chi connectivity index (χ1v) is 10.1. The molecular weight excluding hydrogens is 363 g/mol. The number of rotatable bonds is 3. The molecule has 1 spiro atoms. The number of hydrogen-bond donors (Lipinski definition) is 1. The number of ether oxygens (including phenoxy) is 1. The van der Waals surface area contributed by atoms with E-state index >= 15 is 0 Å². The Hall–Kier alpha value is -2.00. The van der Waals surface area contributed by atoms with Crippen LogP contribution in [0.15, 0.2) is 23.1 Å². The van der Waals surface area contributed by atoms with Gasteiger partial charge in [-0.2, -0.15) is 0 Å². The summed E-state index contributed by atoms with van der Waals surface area (Å²) in [4.78, 5) is 25.6. The van der Waals surface area contributed by atoms with E-state index in [9.17, 15) is 22.4 Å². The first-order chi connectivity index (χ1) is 12.3. The Labute approximate surface area is 151 Å². The van der Waals surface area contributed by atoms with Gasteiger partial charge in [-0.15, -0.1) is 0 Å². The maximum Gasteiger partial charge on any atom is 0.313 e. The third kappa shape index (κ3) is 3.59. The highest BCUT2D eigenvalue weighted by Gasteiger charge is 2.47. The lowest BCUT2D eigenvalue weighted by Crippen LogP contribution is -2.63. The average molecular weight is 384 g/mol. The van der Waals surface area contributed by atoms with E-state index < -0.39 is 27.5 Å². The largest absolute Gasteiger partial charge is 0.381 e. The number of halogens is 1. The monoisotopic (exact) mass is 384 g/mol. The fraction of sp³-hybridized carbons (Fsp3) is 0.529. The normalized spacial score (nSPS) is 19.1. The third-order valence-electron chi connectivity index (χ3n) is 4.84. The van der Waals surface area contributed by atoms with Crippen molar-refractivity contribution in [1.82, 2.24) is 4.90 Å². The van der Waals surface area contributed by atoms with E-state index in [2.05, 4.69) is 5.32 Å². The van der Waals surface area contributed by atoms with Gasteiger partial charge in [-0.3, -0.25) is 9.59 Å². The van der Waals surface area contributed by atoms with Gasteiger partial charge in [-0.25, -0.2) is 12.8 Å². The van der Waals surface area contributed by atoms with Gasteiger partial charge in [0, 0.05) is 25.1 Å². The average Bonchev–Trinajstić information content (AvgIpc) is 2.61. The Morgan fingerprint density at radius 1 is 1.35 bits per heavy atom. The predicted octanol–water partition coefficient (Wildman–Crippen LogP) is 1.20. The lowest BCUT2D eigenvalue weighted by molar-refractivity contribution is -0.159. The summed E-state index contributed by atoms with van der Waals surface area (Å²) >= 11 is 0. The molecule has 7 nitrogen and oxygen atoms in total. The van der Waals surface area contributed by atoms with Gasteiger partial charge < -0.3 is 15.0 Å². The second kappa shape index (κ2) is 6.96. The molecule has 1 N–H and O–H groups in total. The number of hydrogen-bond acceptors (Lipinski definition) is 5. The second-order valence-corrected chi connectivity index (χ2v) is 9.06. The molecule has 3 rings (SSSR count). The number of amides is 2. The van der Waals surface area contributed by atoms with Crippen molar-refractivity contribution in [2.75, 3.05) is 37.4 Å². The van der Waals surface area contributed by atoms with Crippen LogP contribution in [-0.4, -0.2) is 57.2 Å². The van der Waals surface area contributed by atoms with Crippen LogP contribution in [0.25, 0.3) is 0 Å². The van der Waals surface area contributed by atoms with Crippen LogP contribution in [0, 0.1) is 11.2 Å². The van der Waals surface area contributed by atoms with Gasteiger partial charge in [0.2, 0.25) is 0 Å². The van der Waals surface area contributed by atoms with Crippen LogP contribution in [0.3, 0.4) is 0 Å². The minimum atomic E-state index is -3.75. The molecule has 0 atom stereocenters. The summed E-state index contributed by atoms with van der Waals surface area (Å²) in [5.41, 5.74) is -0.163. The molecule has 2 fully saturated rings. The second-order valence-electron chi connectivity index (χ2n) is 6.82. The van der Waals surface area contributed by atoms with Crippen LogP contribution < -0.4 is 5.32 Å². The highest BCUT2D eigenvalue weighted by Crippen LogP contribution is 2.38. The molecule has 2 saturated heterocycles. The maximum atomic E-state index is 13.4. The molecule has 0 bridgehead atoms. The molecule has 0 aromatic heterocycles. The molecule has 2 aliphatic heterocycles. The van der Waals surface area contributed by atoms with E-state index in [0.717, 1.165) is 37.6 Å². The number of benzene rings is 1. The van der Waals surface area contributed by atoms with E-state index in [-0.39, 0.29) is 21.8 Å². The lowest BCUT2D eigenvalue weighted by Gasteiger charge is -2.51. The van der Waals surface area contributed by atoms with Crippen LogP contribution in [0.1, 0.15) is 19.8 Å². The summed E-state index contributed by atoms with van der Waals surface area (Å²) in [6, 6.07) is 3.03. The highest BCUT2D eigenvalue weighted by molar-refractivity contribution is 7.91. The van der Waals surface area contributed by atoms with Crippen molar-refractivity contribution in [2.24, 2.45) is 5.41 Å². The van der Waals surface area contributed by atoms with Crippen LogP contribution >= 0.6 is 0 Å². The van der Waals surface area contributed by atoms with Gasteiger partial charge in [0.05, 0.1) is 22.9 Å². The zero-order valence-corrected chi connectivity index (χ0v) is 15.3. The standard InChI is InChI=1S/C17H21FN2O5S/c1-2-26(23,24)14-8-12(18)4-5-13(14)19-15(21)16(22)20-9-17(10-20)6-3-7-25-11-17/h4-5,8H,2-3,6-7,9-11H2,1H3,(H,19,21). The van der Waals surface area contributed by atoms with Crippen LogP contribution in [0.4, 0.5) is 10.1 Å². The Morgan fingerprint density at radius 2 is 2.08 bits per heavy atom. The quantitative estimate of drug-likeness (QED) is 0.791. The van der Waals surface area contributed by atoms with Crippen molar-refractivity contribution in [3.63, 3.8) is 0 Å². The summed E-state index contributed by atoms with van der Waals surface area (Å²) in [7, 11) is -3.75. The summed E-state index contributed by atoms with van der Waals surface area (Å²) in [6.07, 6.45) is 1.89. The molecule has 0 aliphatic carbocycles.